The lowest BCUT2D eigenvalue weighted by molar-refractivity contribution is -0.132. The van der Waals surface area contributed by atoms with Gasteiger partial charge in [-0.1, -0.05) is 23.2 Å². The molecular weight excluding hydrogens is 443 g/mol. The number of anilines is 1. The fourth-order valence-corrected chi connectivity index (χ4v) is 4.02. The third-order valence-corrected chi connectivity index (χ3v) is 6.18. The van der Waals surface area contributed by atoms with Gasteiger partial charge in [-0.15, -0.1) is 0 Å². The fraction of sp³-hybridized carbons (Fsp3) is 0.450. The number of nitrogens with zero attached hydrogens (tertiary/aromatic N) is 5. The van der Waals surface area contributed by atoms with Crippen LogP contribution in [0, 0.1) is 6.92 Å². The molecule has 1 unspecified atom stereocenters. The van der Waals surface area contributed by atoms with Gasteiger partial charge in [-0.25, -0.2) is 15.3 Å². The second-order valence-electron chi connectivity index (χ2n) is 7.39. The van der Waals surface area contributed by atoms with E-state index in [1.807, 2.05) is 30.0 Å². The van der Waals surface area contributed by atoms with Crippen molar-refractivity contribution in [3.63, 3.8) is 0 Å². The minimum Gasteiger partial charge on any atom is -0.495 e. The second kappa shape index (κ2) is 8.94. The molecule has 0 bridgehead atoms. The zero-order valence-corrected chi connectivity index (χ0v) is 19.1. The molecule has 2 aliphatic rings. The number of hydrogen-bond acceptors (Lipinski definition) is 7. The lowest BCUT2D eigenvalue weighted by Crippen LogP contribution is -2.49. The van der Waals surface area contributed by atoms with Gasteiger partial charge in [0.25, 0.3) is 0 Å². The maximum Gasteiger partial charge on any atom is 0.244 e. The molecule has 1 aromatic heterocycles. The minimum atomic E-state index is -0.310. The van der Waals surface area contributed by atoms with E-state index in [1.54, 1.807) is 18.7 Å². The first kappa shape index (κ1) is 21.7. The molecule has 2 aliphatic heterocycles. The van der Waals surface area contributed by atoms with Crippen molar-refractivity contribution in [3.8, 4) is 5.75 Å². The Morgan fingerprint density at radius 3 is 2.68 bits per heavy atom. The third-order valence-electron chi connectivity index (χ3n) is 5.41. The molecule has 1 aromatic carbocycles. The highest BCUT2D eigenvalue weighted by molar-refractivity contribution is 6.34. The summed E-state index contributed by atoms with van der Waals surface area (Å²) in [6.45, 7) is 6.42. The Bertz CT molecular complexity index is 1020. The van der Waals surface area contributed by atoms with E-state index < -0.39 is 0 Å². The molecule has 0 radical (unpaired) electrons. The van der Waals surface area contributed by atoms with Crippen molar-refractivity contribution in [1.29, 1.82) is 0 Å². The number of nitrogens with one attached hydrogen (secondary N) is 1. The number of aliphatic imine (C=N–C) groups is 1. The summed E-state index contributed by atoms with van der Waals surface area (Å²) >= 11 is 12.5. The van der Waals surface area contributed by atoms with E-state index in [4.69, 9.17) is 32.8 Å². The van der Waals surface area contributed by atoms with Gasteiger partial charge in [0.1, 0.15) is 18.0 Å². The molecule has 1 saturated heterocycles. The molecule has 1 amide bonds. The molecule has 1 N–H and O–H groups in total. The van der Waals surface area contributed by atoms with Crippen molar-refractivity contribution < 1.29 is 14.4 Å². The van der Waals surface area contributed by atoms with Crippen LogP contribution in [0.3, 0.4) is 0 Å². The normalized spacial score (nSPS) is 18.7. The van der Waals surface area contributed by atoms with Gasteiger partial charge in [0.2, 0.25) is 5.91 Å². The van der Waals surface area contributed by atoms with Crippen molar-refractivity contribution in [1.82, 2.24) is 20.2 Å². The summed E-state index contributed by atoms with van der Waals surface area (Å²) in [5.74, 6) is 1.10. The van der Waals surface area contributed by atoms with Gasteiger partial charge in [-0.3, -0.25) is 9.48 Å². The number of carbonyl (C=O) groups excluding carboxylic acids is 1. The molecule has 166 valence electrons. The van der Waals surface area contributed by atoms with E-state index in [0.717, 1.165) is 18.8 Å². The van der Waals surface area contributed by atoms with Crippen LogP contribution in [-0.4, -0.2) is 65.9 Å². The number of amidine groups is 1. The van der Waals surface area contributed by atoms with Gasteiger partial charge >= 0.3 is 0 Å². The van der Waals surface area contributed by atoms with Gasteiger partial charge in [-0.05, 0) is 26.0 Å². The van der Waals surface area contributed by atoms with Crippen molar-refractivity contribution in [3.05, 3.63) is 39.6 Å². The van der Waals surface area contributed by atoms with Crippen LogP contribution in [0.5, 0.6) is 5.75 Å². The summed E-state index contributed by atoms with van der Waals surface area (Å²) < 4.78 is 6.92. The Balaban J connectivity index is 1.39. The number of hydrogen-bond donors (Lipinski definition) is 1. The van der Waals surface area contributed by atoms with Gasteiger partial charge < -0.3 is 14.5 Å². The number of hydroxylamine groups is 1. The molecule has 9 nitrogen and oxygen atoms in total. The first-order valence-electron chi connectivity index (χ1n) is 9.96. The average molecular weight is 467 g/mol. The van der Waals surface area contributed by atoms with Crippen LogP contribution in [0.4, 0.5) is 5.69 Å². The third kappa shape index (κ3) is 4.44. The van der Waals surface area contributed by atoms with Gasteiger partial charge in [-0.2, -0.15) is 5.10 Å². The highest BCUT2D eigenvalue weighted by Gasteiger charge is 2.26. The molecule has 3 heterocycles. The summed E-state index contributed by atoms with van der Waals surface area (Å²) in [6.07, 6.45) is -0.310. The number of carbonyl (C=O) groups is 1. The van der Waals surface area contributed by atoms with Crippen LogP contribution in [0.2, 0.25) is 10.0 Å². The number of ether oxygens (including phenoxy) is 1. The summed E-state index contributed by atoms with van der Waals surface area (Å²) in [5.41, 5.74) is 4.94. The van der Waals surface area contributed by atoms with E-state index in [-0.39, 0.29) is 18.7 Å². The zero-order valence-electron chi connectivity index (χ0n) is 17.6. The molecule has 0 saturated carbocycles. The van der Waals surface area contributed by atoms with Gasteiger partial charge in [0, 0.05) is 37.9 Å². The molecule has 2 aromatic rings. The molecule has 0 spiro atoms. The summed E-state index contributed by atoms with van der Waals surface area (Å²) in [7, 11) is 1.60. The Labute approximate surface area is 190 Å². The van der Waals surface area contributed by atoms with Crippen LogP contribution < -0.4 is 15.1 Å². The number of aromatic nitrogens is 2. The maximum atomic E-state index is 12.9. The first-order chi connectivity index (χ1) is 14.9. The van der Waals surface area contributed by atoms with Crippen molar-refractivity contribution in [2.24, 2.45) is 4.99 Å². The number of amides is 1. The average Bonchev–Trinajstić information content (AvgIpc) is 3.32. The van der Waals surface area contributed by atoms with Crippen LogP contribution in [0.15, 0.2) is 23.2 Å². The predicted octanol–water partition coefficient (Wildman–Crippen LogP) is 2.48. The van der Waals surface area contributed by atoms with Gasteiger partial charge in [0.15, 0.2) is 12.1 Å². The second-order valence-corrected chi connectivity index (χ2v) is 8.17. The molecule has 4 rings (SSSR count). The number of rotatable bonds is 5. The van der Waals surface area contributed by atoms with E-state index in [2.05, 4.69) is 20.5 Å². The fourth-order valence-electron chi connectivity index (χ4n) is 3.60. The highest BCUT2D eigenvalue weighted by atomic mass is 35.5. The number of methoxy groups -OCH3 is 1. The Hall–Kier alpha value is -2.49. The Morgan fingerprint density at radius 1 is 1.29 bits per heavy atom. The predicted molar refractivity (Wildman–Crippen MR) is 119 cm³/mol. The largest absolute Gasteiger partial charge is 0.495 e. The van der Waals surface area contributed by atoms with Crippen molar-refractivity contribution in [2.75, 3.05) is 38.2 Å². The lowest BCUT2D eigenvalue weighted by Gasteiger charge is -2.36. The zero-order chi connectivity index (χ0) is 22.1. The lowest BCUT2D eigenvalue weighted by atomic mass is 10.2. The highest BCUT2D eigenvalue weighted by Crippen LogP contribution is 2.30. The summed E-state index contributed by atoms with van der Waals surface area (Å²) in [4.78, 5) is 26.5. The molecule has 1 atom stereocenters. The quantitative estimate of drug-likeness (QED) is 0.728. The number of benzene rings is 1. The van der Waals surface area contributed by atoms with E-state index in [0.29, 0.717) is 46.1 Å². The monoisotopic (exact) mass is 466 g/mol. The Kier molecular flexibility index (Phi) is 6.27. The maximum absolute atomic E-state index is 12.9. The SMILES string of the molecule is COc1cc(N2CCN(C(=O)Cn3nc(C4=NC(C)ON4)c(Cl)c3C)CC2)ccc1Cl. The standard InChI is InChI=1S/C20H24Cl2N6O3/c1-12-18(22)19(20-23-13(2)31-25-20)24-28(12)11-17(29)27-8-6-26(7-9-27)14-4-5-15(21)16(10-14)30-3/h4-5,10,13H,6-9,11H2,1-3H3,(H,23,25). The van der Waals surface area contributed by atoms with E-state index in [1.165, 1.54) is 0 Å². The van der Waals surface area contributed by atoms with E-state index >= 15 is 0 Å². The topological polar surface area (TPSA) is 84.2 Å². The van der Waals surface area contributed by atoms with Crippen LogP contribution in [-0.2, 0) is 16.2 Å². The van der Waals surface area contributed by atoms with Crippen molar-refractivity contribution in [2.45, 2.75) is 26.6 Å². The summed E-state index contributed by atoms with van der Waals surface area (Å²) in [6, 6.07) is 5.70. The van der Waals surface area contributed by atoms with Crippen LogP contribution in [0.1, 0.15) is 18.3 Å². The van der Waals surface area contributed by atoms with Crippen LogP contribution in [0.25, 0.3) is 0 Å². The van der Waals surface area contributed by atoms with Crippen LogP contribution >= 0.6 is 23.2 Å². The minimum absolute atomic E-state index is 0.00640. The number of piperazine rings is 1. The molecule has 0 aliphatic carbocycles. The van der Waals surface area contributed by atoms with Crippen molar-refractivity contribution >= 4 is 40.6 Å². The van der Waals surface area contributed by atoms with E-state index in [9.17, 15) is 4.79 Å². The molecular formula is C20H24Cl2N6O3. The Morgan fingerprint density at radius 2 is 2.03 bits per heavy atom. The number of halogens is 2. The molecule has 11 heteroatoms. The first-order valence-corrected chi connectivity index (χ1v) is 10.7. The molecule has 31 heavy (non-hydrogen) atoms. The molecule has 1 fully saturated rings. The summed E-state index contributed by atoms with van der Waals surface area (Å²) in [5, 5.41) is 5.51. The smallest absolute Gasteiger partial charge is 0.244 e. The van der Waals surface area contributed by atoms with Gasteiger partial charge in [0.05, 0.1) is 22.8 Å².